The van der Waals surface area contributed by atoms with Crippen molar-refractivity contribution < 1.29 is 4.52 Å². The molecule has 0 aliphatic carbocycles. The van der Waals surface area contributed by atoms with Crippen molar-refractivity contribution in [1.82, 2.24) is 15.0 Å². The molecule has 0 fully saturated rings. The molecule has 104 valence electrons. The van der Waals surface area contributed by atoms with Crippen molar-refractivity contribution in [2.24, 2.45) is 0 Å². The Morgan fingerprint density at radius 3 is 3.00 bits per heavy atom. The van der Waals surface area contributed by atoms with E-state index in [1.165, 1.54) is 10.9 Å². The van der Waals surface area contributed by atoms with Crippen molar-refractivity contribution in [3.8, 4) is 0 Å². The number of nitrogens with zero attached hydrogens (tertiary/aromatic N) is 2. The van der Waals surface area contributed by atoms with Gasteiger partial charge in [-0.2, -0.15) is 0 Å². The molecule has 1 N–H and O–H groups in total. The normalized spacial score (nSPS) is 11.3. The van der Waals surface area contributed by atoms with Crippen LogP contribution in [0.5, 0.6) is 0 Å². The van der Waals surface area contributed by atoms with Crippen molar-refractivity contribution in [1.29, 1.82) is 0 Å². The number of benzene rings is 1. The first-order chi connectivity index (χ1) is 9.78. The van der Waals surface area contributed by atoms with Crippen LogP contribution in [-0.2, 0) is 13.1 Å². The third kappa shape index (κ3) is 2.57. The topological polar surface area (TPSA) is 43.0 Å². The minimum atomic E-state index is 0.656. The monoisotopic (exact) mass is 289 g/mol. The zero-order chi connectivity index (χ0) is 13.9. The summed E-state index contributed by atoms with van der Waals surface area (Å²) in [5, 5.41) is 9.06. The van der Waals surface area contributed by atoms with Crippen molar-refractivity contribution in [3.63, 3.8) is 0 Å². The lowest BCUT2D eigenvalue weighted by atomic mass is 10.2. The van der Waals surface area contributed by atoms with E-state index in [4.69, 9.17) is 16.1 Å². The van der Waals surface area contributed by atoms with Gasteiger partial charge in [-0.25, -0.2) is 0 Å². The summed E-state index contributed by atoms with van der Waals surface area (Å²) < 4.78 is 7.33. The first-order valence-corrected chi connectivity index (χ1v) is 7.03. The Bertz CT molecular complexity index is 703. The Labute approximate surface area is 122 Å². The SMILES string of the molecule is CCNCc1cn(Cc2ccno2)c2cc(Cl)ccc12. The van der Waals surface area contributed by atoms with Crippen LogP contribution in [0, 0.1) is 0 Å². The smallest absolute Gasteiger partial charge is 0.156 e. The van der Waals surface area contributed by atoms with Gasteiger partial charge in [0.1, 0.15) is 0 Å². The zero-order valence-corrected chi connectivity index (χ0v) is 12.0. The molecular weight excluding hydrogens is 274 g/mol. The van der Waals surface area contributed by atoms with E-state index in [0.29, 0.717) is 6.54 Å². The van der Waals surface area contributed by atoms with Crippen LogP contribution in [-0.4, -0.2) is 16.3 Å². The van der Waals surface area contributed by atoms with E-state index in [9.17, 15) is 0 Å². The lowest BCUT2D eigenvalue weighted by Crippen LogP contribution is -2.11. The predicted octanol–water partition coefficient (Wildman–Crippen LogP) is 3.44. The van der Waals surface area contributed by atoms with Crippen LogP contribution in [0.2, 0.25) is 5.02 Å². The molecule has 3 rings (SSSR count). The molecule has 0 unspecified atom stereocenters. The molecule has 0 bridgehead atoms. The molecule has 5 heteroatoms. The Balaban J connectivity index is 2.03. The predicted molar refractivity (Wildman–Crippen MR) is 79.9 cm³/mol. The molecule has 0 saturated carbocycles. The van der Waals surface area contributed by atoms with Crippen LogP contribution in [0.1, 0.15) is 18.2 Å². The molecule has 0 saturated heterocycles. The van der Waals surface area contributed by atoms with E-state index in [1.807, 2.05) is 18.2 Å². The maximum atomic E-state index is 6.12. The van der Waals surface area contributed by atoms with Gasteiger partial charge >= 0.3 is 0 Å². The fourth-order valence-corrected chi connectivity index (χ4v) is 2.53. The zero-order valence-electron chi connectivity index (χ0n) is 11.3. The van der Waals surface area contributed by atoms with Crippen LogP contribution >= 0.6 is 11.6 Å². The van der Waals surface area contributed by atoms with Crippen molar-refractivity contribution in [3.05, 3.63) is 53.0 Å². The second-order valence-electron chi connectivity index (χ2n) is 4.70. The largest absolute Gasteiger partial charge is 0.359 e. The number of fused-ring (bicyclic) bond motifs is 1. The number of halogens is 1. The van der Waals surface area contributed by atoms with Gasteiger partial charge in [-0.1, -0.05) is 29.7 Å². The second-order valence-corrected chi connectivity index (χ2v) is 5.14. The molecule has 20 heavy (non-hydrogen) atoms. The number of hydrogen-bond acceptors (Lipinski definition) is 3. The highest BCUT2D eigenvalue weighted by molar-refractivity contribution is 6.31. The van der Waals surface area contributed by atoms with Crippen molar-refractivity contribution >= 4 is 22.5 Å². The molecule has 2 heterocycles. The fourth-order valence-electron chi connectivity index (χ4n) is 2.36. The highest BCUT2D eigenvalue weighted by atomic mass is 35.5. The maximum absolute atomic E-state index is 6.12. The number of hydrogen-bond donors (Lipinski definition) is 1. The molecule has 4 nitrogen and oxygen atoms in total. The van der Waals surface area contributed by atoms with Gasteiger partial charge in [0.05, 0.1) is 18.3 Å². The van der Waals surface area contributed by atoms with E-state index in [1.54, 1.807) is 6.20 Å². The minimum absolute atomic E-state index is 0.656. The van der Waals surface area contributed by atoms with Gasteiger partial charge in [-0.3, -0.25) is 0 Å². The Morgan fingerprint density at radius 1 is 1.35 bits per heavy atom. The van der Waals surface area contributed by atoms with Crippen LogP contribution in [0.25, 0.3) is 10.9 Å². The average Bonchev–Trinajstić information content (AvgIpc) is 3.06. The minimum Gasteiger partial charge on any atom is -0.359 e. The molecule has 0 spiro atoms. The first-order valence-electron chi connectivity index (χ1n) is 6.65. The quantitative estimate of drug-likeness (QED) is 0.782. The maximum Gasteiger partial charge on any atom is 0.156 e. The van der Waals surface area contributed by atoms with Crippen molar-refractivity contribution in [2.75, 3.05) is 6.54 Å². The molecule has 0 atom stereocenters. The van der Waals surface area contributed by atoms with Gasteiger partial charge in [-0.05, 0) is 24.2 Å². The average molecular weight is 290 g/mol. The van der Waals surface area contributed by atoms with Crippen LogP contribution in [0.15, 0.2) is 41.2 Å². The molecule has 0 aliphatic heterocycles. The Hall–Kier alpha value is -1.78. The van der Waals surface area contributed by atoms with E-state index in [-0.39, 0.29) is 0 Å². The van der Waals surface area contributed by atoms with Gasteiger partial charge in [-0.15, -0.1) is 0 Å². The molecule has 0 aliphatic rings. The summed E-state index contributed by atoms with van der Waals surface area (Å²) in [6.07, 6.45) is 3.81. The highest BCUT2D eigenvalue weighted by Crippen LogP contribution is 2.25. The number of aromatic nitrogens is 2. The standard InChI is InChI=1S/C15H16ClN3O/c1-2-17-8-11-9-19(10-13-5-6-18-20-13)15-7-12(16)3-4-14(11)15/h3-7,9,17H,2,8,10H2,1H3. The molecule has 3 aromatic rings. The summed E-state index contributed by atoms with van der Waals surface area (Å²) in [6.45, 7) is 4.55. The van der Waals surface area contributed by atoms with Gasteiger partial charge in [0.25, 0.3) is 0 Å². The van der Waals surface area contributed by atoms with E-state index in [2.05, 4.69) is 34.2 Å². The van der Waals surface area contributed by atoms with Gasteiger partial charge in [0.15, 0.2) is 5.76 Å². The van der Waals surface area contributed by atoms with Crippen LogP contribution < -0.4 is 5.32 Å². The Kier molecular flexibility index (Phi) is 3.76. The van der Waals surface area contributed by atoms with E-state index in [0.717, 1.165) is 29.4 Å². The molecule has 1 aromatic carbocycles. The van der Waals surface area contributed by atoms with Crippen molar-refractivity contribution in [2.45, 2.75) is 20.0 Å². The van der Waals surface area contributed by atoms with Crippen LogP contribution in [0.4, 0.5) is 0 Å². The summed E-state index contributed by atoms with van der Waals surface area (Å²) >= 11 is 6.12. The molecule has 0 radical (unpaired) electrons. The molecular formula is C15H16ClN3O. The summed E-state index contributed by atoms with van der Waals surface area (Å²) in [6, 6.07) is 7.86. The lowest BCUT2D eigenvalue weighted by Gasteiger charge is -2.02. The third-order valence-electron chi connectivity index (χ3n) is 3.31. The first kappa shape index (κ1) is 13.2. The Morgan fingerprint density at radius 2 is 2.25 bits per heavy atom. The second kappa shape index (κ2) is 5.69. The molecule has 2 aromatic heterocycles. The molecule has 0 amide bonds. The summed E-state index contributed by atoms with van der Waals surface area (Å²) in [4.78, 5) is 0. The van der Waals surface area contributed by atoms with Gasteiger partial charge in [0, 0.05) is 29.2 Å². The summed E-state index contributed by atoms with van der Waals surface area (Å²) in [7, 11) is 0. The third-order valence-corrected chi connectivity index (χ3v) is 3.54. The van der Waals surface area contributed by atoms with Gasteiger partial charge in [0.2, 0.25) is 0 Å². The number of rotatable bonds is 5. The number of nitrogens with one attached hydrogen (secondary N) is 1. The highest BCUT2D eigenvalue weighted by Gasteiger charge is 2.10. The fraction of sp³-hybridized carbons (Fsp3) is 0.267. The van der Waals surface area contributed by atoms with Gasteiger partial charge < -0.3 is 14.4 Å². The summed E-state index contributed by atoms with van der Waals surface area (Å²) in [5.41, 5.74) is 2.37. The van der Waals surface area contributed by atoms with E-state index >= 15 is 0 Å². The lowest BCUT2D eigenvalue weighted by molar-refractivity contribution is 0.377. The van der Waals surface area contributed by atoms with Crippen LogP contribution in [0.3, 0.4) is 0 Å². The summed E-state index contributed by atoms with van der Waals surface area (Å²) in [5.74, 6) is 0.830. The van der Waals surface area contributed by atoms with E-state index < -0.39 is 0 Å².